The van der Waals surface area contributed by atoms with Crippen molar-refractivity contribution in [2.24, 2.45) is 5.41 Å². The van der Waals surface area contributed by atoms with E-state index in [-0.39, 0.29) is 11.8 Å². The molecule has 0 aromatic carbocycles. The predicted molar refractivity (Wildman–Crippen MR) is 35.8 cm³/mol. The fourth-order valence-corrected chi connectivity index (χ4v) is 0.520. The fraction of sp³-hybridized carbons (Fsp3) is 0.714. The van der Waals surface area contributed by atoms with Crippen molar-refractivity contribution in [1.29, 1.82) is 5.26 Å². The summed E-state index contributed by atoms with van der Waals surface area (Å²) in [6, 6.07) is 0. The minimum atomic E-state index is -0.463. The van der Waals surface area contributed by atoms with Crippen molar-refractivity contribution >= 4 is 5.97 Å². The van der Waals surface area contributed by atoms with Gasteiger partial charge in [-0.25, -0.2) is 0 Å². The highest BCUT2D eigenvalue weighted by Gasteiger charge is 2.16. The van der Waals surface area contributed by atoms with Crippen LogP contribution in [0.4, 0.5) is 0 Å². The number of hydrogen-bond donors (Lipinski definition) is 0. The quantitative estimate of drug-likeness (QED) is 0.410. The highest BCUT2D eigenvalue weighted by molar-refractivity contribution is 5.70. The summed E-state index contributed by atoms with van der Waals surface area (Å²) in [5.41, 5.74) is -0.103. The van der Waals surface area contributed by atoms with Gasteiger partial charge in [-0.3, -0.25) is 4.79 Å². The summed E-state index contributed by atoms with van der Waals surface area (Å²) in [5, 5.41) is 7.94. The SMILES string of the molecule is CC(C)(C)CC(=O)OC#N. The Morgan fingerprint density at radius 3 is 2.40 bits per heavy atom. The number of nitrogens with zero attached hydrogens (tertiary/aromatic N) is 1. The Hall–Kier alpha value is -1.04. The third kappa shape index (κ3) is 5.10. The molecule has 0 aliphatic rings. The van der Waals surface area contributed by atoms with Gasteiger partial charge < -0.3 is 4.74 Å². The van der Waals surface area contributed by atoms with E-state index in [0.717, 1.165) is 0 Å². The topological polar surface area (TPSA) is 50.1 Å². The second-order valence-electron chi connectivity index (χ2n) is 3.30. The molecule has 0 aliphatic carbocycles. The highest BCUT2D eigenvalue weighted by Crippen LogP contribution is 2.18. The maximum atomic E-state index is 10.6. The number of nitriles is 1. The lowest BCUT2D eigenvalue weighted by Crippen LogP contribution is -2.13. The van der Waals surface area contributed by atoms with Gasteiger partial charge in [-0.15, -0.1) is 5.26 Å². The number of rotatable bonds is 1. The van der Waals surface area contributed by atoms with E-state index in [1.807, 2.05) is 20.8 Å². The van der Waals surface area contributed by atoms with E-state index in [1.54, 1.807) is 0 Å². The Bertz CT molecular complexity index is 161. The van der Waals surface area contributed by atoms with Crippen molar-refractivity contribution in [2.45, 2.75) is 27.2 Å². The molecule has 0 heterocycles. The number of esters is 1. The normalized spacial score (nSPS) is 10.2. The summed E-state index contributed by atoms with van der Waals surface area (Å²) in [7, 11) is 0. The van der Waals surface area contributed by atoms with Crippen LogP contribution in [0.2, 0.25) is 0 Å². The molecule has 0 fully saturated rings. The van der Waals surface area contributed by atoms with Crippen LogP contribution in [0.5, 0.6) is 0 Å². The first-order valence-electron chi connectivity index (χ1n) is 3.04. The van der Waals surface area contributed by atoms with Crippen molar-refractivity contribution in [2.75, 3.05) is 0 Å². The van der Waals surface area contributed by atoms with Crippen molar-refractivity contribution in [1.82, 2.24) is 0 Å². The van der Waals surface area contributed by atoms with Gasteiger partial charge in [0.25, 0.3) is 6.26 Å². The van der Waals surface area contributed by atoms with E-state index >= 15 is 0 Å². The Morgan fingerprint density at radius 1 is 1.60 bits per heavy atom. The summed E-state index contributed by atoms with van der Waals surface area (Å²) in [6.45, 7) is 5.73. The lowest BCUT2D eigenvalue weighted by molar-refractivity contribution is -0.139. The van der Waals surface area contributed by atoms with Crippen LogP contribution in [0.1, 0.15) is 27.2 Å². The molecule has 56 valence electrons. The zero-order valence-electron chi connectivity index (χ0n) is 6.47. The third-order valence-corrected chi connectivity index (χ3v) is 0.834. The Morgan fingerprint density at radius 2 is 2.10 bits per heavy atom. The second-order valence-corrected chi connectivity index (χ2v) is 3.30. The lowest BCUT2D eigenvalue weighted by atomic mass is 9.93. The van der Waals surface area contributed by atoms with Crippen LogP contribution in [0.25, 0.3) is 0 Å². The van der Waals surface area contributed by atoms with E-state index in [4.69, 9.17) is 5.26 Å². The van der Waals surface area contributed by atoms with Gasteiger partial charge in [0.2, 0.25) is 0 Å². The van der Waals surface area contributed by atoms with E-state index in [9.17, 15) is 4.79 Å². The lowest BCUT2D eigenvalue weighted by Gasteiger charge is -2.14. The van der Waals surface area contributed by atoms with Gasteiger partial charge in [0, 0.05) is 0 Å². The number of ether oxygens (including phenoxy) is 1. The molecule has 0 amide bonds. The maximum absolute atomic E-state index is 10.6. The Balaban J connectivity index is 3.72. The second kappa shape index (κ2) is 3.21. The largest absolute Gasteiger partial charge is 0.351 e. The summed E-state index contributed by atoms with van der Waals surface area (Å²) in [6.07, 6.45) is 1.62. The molecule has 0 rings (SSSR count). The Kier molecular flexibility index (Phi) is 2.88. The summed E-state index contributed by atoms with van der Waals surface area (Å²) in [4.78, 5) is 10.6. The van der Waals surface area contributed by atoms with Gasteiger partial charge in [-0.2, -0.15) is 0 Å². The van der Waals surface area contributed by atoms with Crippen LogP contribution in [-0.4, -0.2) is 5.97 Å². The van der Waals surface area contributed by atoms with Crippen LogP contribution in [0.15, 0.2) is 0 Å². The highest BCUT2D eigenvalue weighted by atomic mass is 16.5. The van der Waals surface area contributed by atoms with Crippen LogP contribution in [0, 0.1) is 16.9 Å². The average molecular weight is 141 g/mol. The number of carbonyl (C=O) groups excluding carboxylic acids is 1. The molecule has 0 aromatic heterocycles. The van der Waals surface area contributed by atoms with Crippen molar-refractivity contribution in [3.05, 3.63) is 0 Å². The number of hydrogen-bond acceptors (Lipinski definition) is 3. The summed E-state index contributed by atoms with van der Waals surface area (Å²) < 4.78 is 4.08. The zero-order valence-corrected chi connectivity index (χ0v) is 6.47. The molecular formula is C7H11NO2. The number of carbonyl (C=O) groups is 1. The monoisotopic (exact) mass is 141 g/mol. The fourth-order valence-electron chi connectivity index (χ4n) is 0.520. The first-order valence-corrected chi connectivity index (χ1v) is 3.04. The zero-order chi connectivity index (χ0) is 8.20. The van der Waals surface area contributed by atoms with Crippen LogP contribution < -0.4 is 0 Å². The van der Waals surface area contributed by atoms with Gasteiger partial charge >= 0.3 is 5.97 Å². The van der Waals surface area contributed by atoms with Gasteiger partial charge in [0.1, 0.15) is 0 Å². The molecule has 0 aromatic rings. The van der Waals surface area contributed by atoms with Crippen molar-refractivity contribution < 1.29 is 9.53 Å². The van der Waals surface area contributed by atoms with Crippen molar-refractivity contribution in [3.8, 4) is 6.26 Å². The van der Waals surface area contributed by atoms with Gasteiger partial charge in [-0.05, 0) is 5.41 Å². The molecule has 0 atom stereocenters. The predicted octanol–water partition coefficient (Wildman–Crippen LogP) is 1.45. The minimum absolute atomic E-state index is 0.103. The van der Waals surface area contributed by atoms with Crippen molar-refractivity contribution in [3.63, 3.8) is 0 Å². The van der Waals surface area contributed by atoms with E-state index in [0.29, 0.717) is 0 Å². The van der Waals surface area contributed by atoms with Gasteiger partial charge in [0.15, 0.2) is 0 Å². The molecule has 0 radical (unpaired) electrons. The standard InChI is InChI=1S/C7H11NO2/c1-7(2,3)4-6(9)10-5-8/h4H2,1-3H3. The molecule has 3 heteroatoms. The van der Waals surface area contributed by atoms with Gasteiger partial charge in [0.05, 0.1) is 6.42 Å². The van der Waals surface area contributed by atoms with Crippen LogP contribution in [0.3, 0.4) is 0 Å². The molecular weight excluding hydrogens is 130 g/mol. The molecule has 3 nitrogen and oxygen atoms in total. The first-order chi connectivity index (χ1) is 4.45. The summed E-state index contributed by atoms with van der Waals surface area (Å²) in [5.74, 6) is -0.463. The van der Waals surface area contributed by atoms with Crippen LogP contribution in [-0.2, 0) is 9.53 Å². The van der Waals surface area contributed by atoms with E-state index in [1.165, 1.54) is 6.26 Å². The van der Waals surface area contributed by atoms with Crippen LogP contribution >= 0.6 is 0 Å². The Labute approximate surface area is 60.6 Å². The molecule has 0 bridgehead atoms. The molecule has 0 unspecified atom stereocenters. The minimum Gasteiger partial charge on any atom is -0.351 e. The molecule has 10 heavy (non-hydrogen) atoms. The molecule has 0 saturated heterocycles. The third-order valence-electron chi connectivity index (χ3n) is 0.834. The average Bonchev–Trinajstić information content (AvgIpc) is 1.59. The molecule has 0 spiro atoms. The molecule has 0 aliphatic heterocycles. The van der Waals surface area contributed by atoms with E-state index in [2.05, 4.69) is 4.74 Å². The first kappa shape index (κ1) is 8.96. The molecule has 0 saturated carbocycles. The van der Waals surface area contributed by atoms with E-state index < -0.39 is 5.97 Å². The maximum Gasteiger partial charge on any atom is 0.322 e. The smallest absolute Gasteiger partial charge is 0.322 e. The van der Waals surface area contributed by atoms with Gasteiger partial charge in [-0.1, -0.05) is 20.8 Å². The summed E-state index contributed by atoms with van der Waals surface area (Å²) >= 11 is 0. The molecule has 0 N–H and O–H groups in total.